The van der Waals surface area contributed by atoms with Crippen LogP contribution in [0.2, 0.25) is 0 Å². The van der Waals surface area contributed by atoms with Crippen LogP contribution in [0, 0.1) is 0 Å². The lowest BCUT2D eigenvalue weighted by molar-refractivity contribution is -0.138. The Balaban J connectivity index is 2.13. The fourth-order valence-electron chi connectivity index (χ4n) is 1.53. The highest BCUT2D eigenvalue weighted by molar-refractivity contribution is 8.00. The van der Waals surface area contributed by atoms with Crippen molar-refractivity contribution >= 4 is 23.5 Å². The number of rotatable bonds is 4. The van der Waals surface area contributed by atoms with Crippen LogP contribution >= 0.6 is 11.8 Å². The monoisotopic (exact) mass is 240 g/mol. The third kappa shape index (κ3) is 2.25. The van der Waals surface area contributed by atoms with Crippen LogP contribution in [0.5, 0.6) is 0 Å². The maximum Gasteiger partial charge on any atom is 0.304 e. The highest BCUT2D eigenvalue weighted by atomic mass is 32.2. The lowest BCUT2D eigenvalue weighted by Crippen LogP contribution is -2.58. The Morgan fingerprint density at radius 2 is 2.25 bits per heavy atom. The summed E-state index contributed by atoms with van der Waals surface area (Å²) in [5.74, 6) is -0.458. The van der Waals surface area contributed by atoms with Gasteiger partial charge >= 0.3 is 5.97 Å². The van der Waals surface area contributed by atoms with Crippen molar-refractivity contribution in [3.63, 3.8) is 0 Å². The zero-order valence-corrected chi connectivity index (χ0v) is 9.33. The number of nitrogens with two attached hydrogens (primary N) is 1. The SMILES string of the molecule is Nc1nccnc1SC1(CC(=O)O)CNC1. The molecule has 0 amide bonds. The Kier molecular flexibility index (Phi) is 2.97. The molecular weight excluding hydrogens is 228 g/mol. The van der Waals surface area contributed by atoms with Crippen LogP contribution in [0.15, 0.2) is 17.4 Å². The lowest BCUT2D eigenvalue weighted by Gasteiger charge is -2.40. The Bertz CT molecular complexity index is 408. The van der Waals surface area contributed by atoms with Crippen LogP contribution in [0.25, 0.3) is 0 Å². The third-order valence-electron chi connectivity index (χ3n) is 2.37. The number of hydrogen-bond acceptors (Lipinski definition) is 6. The van der Waals surface area contributed by atoms with Gasteiger partial charge in [0.25, 0.3) is 0 Å². The van der Waals surface area contributed by atoms with Gasteiger partial charge in [-0.05, 0) is 0 Å². The average Bonchev–Trinajstić information content (AvgIpc) is 2.17. The van der Waals surface area contributed by atoms with E-state index in [0.29, 0.717) is 23.9 Å². The number of nitrogens with one attached hydrogen (secondary N) is 1. The number of anilines is 1. The molecule has 0 aromatic carbocycles. The molecule has 4 N–H and O–H groups in total. The number of carbonyl (C=O) groups is 1. The number of hydrogen-bond donors (Lipinski definition) is 3. The third-order valence-corrected chi connectivity index (χ3v) is 3.75. The molecule has 0 bridgehead atoms. The second-order valence-corrected chi connectivity index (χ2v) is 5.16. The van der Waals surface area contributed by atoms with Gasteiger partial charge in [-0.1, -0.05) is 11.8 Å². The van der Waals surface area contributed by atoms with Gasteiger partial charge < -0.3 is 16.2 Å². The maximum atomic E-state index is 10.8. The number of nitrogen functional groups attached to an aromatic ring is 1. The van der Waals surface area contributed by atoms with Gasteiger partial charge in [-0.2, -0.15) is 0 Å². The summed E-state index contributed by atoms with van der Waals surface area (Å²) < 4.78 is -0.337. The smallest absolute Gasteiger partial charge is 0.304 e. The van der Waals surface area contributed by atoms with Crippen molar-refractivity contribution in [2.45, 2.75) is 16.2 Å². The second-order valence-electron chi connectivity index (χ2n) is 3.71. The molecule has 6 nitrogen and oxygen atoms in total. The summed E-state index contributed by atoms with van der Waals surface area (Å²) in [5.41, 5.74) is 5.68. The second kappa shape index (κ2) is 4.26. The molecule has 2 rings (SSSR count). The van der Waals surface area contributed by atoms with E-state index in [1.807, 2.05) is 0 Å². The largest absolute Gasteiger partial charge is 0.481 e. The van der Waals surface area contributed by atoms with E-state index in [0.717, 1.165) is 0 Å². The molecule has 0 spiro atoms. The van der Waals surface area contributed by atoms with E-state index in [1.54, 1.807) is 6.20 Å². The summed E-state index contributed by atoms with van der Waals surface area (Å²) in [7, 11) is 0. The van der Waals surface area contributed by atoms with Crippen molar-refractivity contribution in [2.24, 2.45) is 0 Å². The molecule has 2 heterocycles. The maximum absolute atomic E-state index is 10.8. The quantitative estimate of drug-likeness (QED) is 0.679. The van der Waals surface area contributed by atoms with E-state index in [1.165, 1.54) is 18.0 Å². The lowest BCUT2D eigenvalue weighted by atomic mass is 9.98. The van der Waals surface area contributed by atoms with Gasteiger partial charge in [0.15, 0.2) is 5.82 Å². The summed E-state index contributed by atoms with van der Waals surface area (Å²) >= 11 is 1.39. The molecule has 1 fully saturated rings. The number of carboxylic acids is 1. The summed E-state index contributed by atoms with van der Waals surface area (Å²) in [6.45, 7) is 1.31. The predicted molar refractivity (Wildman–Crippen MR) is 60.2 cm³/mol. The number of carboxylic acid groups (broad SMARTS) is 1. The topological polar surface area (TPSA) is 101 Å². The minimum Gasteiger partial charge on any atom is -0.481 e. The van der Waals surface area contributed by atoms with Crippen LogP contribution in [-0.2, 0) is 4.79 Å². The van der Waals surface area contributed by atoms with Gasteiger partial charge in [-0.25, -0.2) is 9.97 Å². The molecule has 0 atom stereocenters. The van der Waals surface area contributed by atoms with Gasteiger partial charge in [-0.15, -0.1) is 0 Å². The molecule has 16 heavy (non-hydrogen) atoms. The molecule has 1 aromatic heterocycles. The van der Waals surface area contributed by atoms with Crippen LogP contribution in [0.4, 0.5) is 5.82 Å². The number of aliphatic carboxylic acids is 1. The zero-order valence-electron chi connectivity index (χ0n) is 8.51. The normalized spacial score (nSPS) is 17.8. The van der Waals surface area contributed by atoms with Gasteiger partial charge in [0.05, 0.1) is 11.2 Å². The van der Waals surface area contributed by atoms with Crippen molar-refractivity contribution in [3.05, 3.63) is 12.4 Å². The Hall–Kier alpha value is -1.34. The average molecular weight is 240 g/mol. The minimum absolute atomic E-state index is 0.0979. The first kappa shape index (κ1) is 11.2. The highest BCUT2D eigenvalue weighted by Crippen LogP contribution is 2.39. The van der Waals surface area contributed by atoms with E-state index >= 15 is 0 Å². The van der Waals surface area contributed by atoms with E-state index < -0.39 is 5.97 Å². The van der Waals surface area contributed by atoms with Crippen LogP contribution in [-0.4, -0.2) is 38.9 Å². The molecule has 7 heteroatoms. The Morgan fingerprint density at radius 3 is 2.75 bits per heavy atom. The standard InChI is InChI=1S/C9H12N4O2S/c10-7-8(13-2-1-12-7)16-9(3-6(14)15)4-11-5-9/h1-2,11H,3-5H2,(H2,10,12)(H,14,15). The van der Waals surface area contributed by atoms with Crippen LogP contribution in [0.3, 0.4) is 0 Å². The first-order valence-electron chi connectivity index (χ1n) is 4.79. The van der Waals surface area contributed by atoms with Crippen molar-refractivity contribution in [2.75, 3.05) is 18.8 Å². The number of nitrogens with zero attached hydrogens (tertiary/aromatic N) is 2. The summed E-state index contributed by atoms with van der Waals surface area (Å²) in [4.78, 5) is 18.8. The number of thioether (sulfide) groups is 1. The molecule has 0 unspecified atom stereocenters. The first-order chi connectivity index (χ1) is 7.61. The van der Waals surface area contributed by atoms with E-state index in [4.69, 9.17) is 10.8 Å². The Morgan fingerprint density at radius 1 is 1.56 bits per heavy atom. The van der Waals surface area contributed by atoms with Crippen molar-refractivity contribution in [3.8, 4) is 0 Å². The predicted octanol–water partition coefficient (Wildman–Crippen LogP) is -0.0324. The molecule has 0 saturated carbocycles. The molecule has 86 valence electrons. The van der Waals surface area contributed by atoms with Gasteiger partial charge in [0, 0.05) is 25.5 Å². The van der Waals surface area contributed by atoms with Gasteiger partial charge in [0.2, 0.25) is 0 Å². The summed E-state index contributed by atoms with van der Waals surface area (Å²) in [6, 6.07) is 0. The fraction of sp³-hybridized carbons (Fsp3) is 0.444. The number of aromatic nitrogens is 2. The fourth-order valence-corrected chi connectivity index (χ4v) is 2.76. The van der Waals surface area contributed by atoms with Crippen LogP contribution in [0.1, 0.15) is 6.42 Å². The zero-order chi connectivity index (χ0) is 11.6. The van der Waals surface area contributed by atoms with Crippen molar-refractivity contribution < 1.29 is 9.90 Å². The van der Waals surface area contributed by atoms with Crippen LogP contribution < -0.4 is 11.1 Å². The van der Waals surface area contributed by atoms with Crippen molar-refractivity contribution in [1.82, 2.24) is 15.3 Å². The molecule has 1 aromatic rings. The molecule has 0 radical (unpaired) electrons. The summed E-state index contributed by atoms with van der Waals surface area (Å²) in [6.07, 6.45) is 3.17. The van der Waals surface area contributed by atoms with Gasteiger partial charge in [-0.3, -0.25) is 4.79 Å². The van der Waals surface area contributed by atoms with Gasteiger partial charge in [0.1, 0.15) is 5.03 Å². The molecule has 1 aliphatic rings. The molecule has 0 aliphatic carbocycles. The highest BCUT2D eigenvalue weighted by Gasteiger charge is 2.41. The molecule has 1 aliphatic heterocycles. The molecular formula is C9H12N4O2S. The first-order valence-corrected chi connectivity index (χ1v) is 5.61. The van der Waals surface area contributed by atoms with Crippen molar-refractivity contribution in [1.29, 1.82) is 0 Å². The van der Waals surface area contributed by atoms with E-state index in [2.05, 4.69) is 15.3 Å². The minimum atomic E-state index is -0.809. The molecule has 1 saturated heterocycles. The Labute approximate surface area is 96.7 Å². The van der Waals surface area contributed by atoms with E-state index in [9.17, 15) is 4.79 Å². The summed E-state index contributed by atoms with van der Waals surface area (Å²) in [5, 5.41) is 12.5. The van der Waals surface area contributed by atoms with E-state index in [-0.39, 0.29) is 11.2 Å².